The van der Waals surface area contributed by atoms with Gasteiger partial charge in [-0.15, -0.1) is 11.3 Å². The molecule has 0 atom stereocenters. The summed E-state index contributed by atoms with van der Waals surface area (Å²) in [6.07, 6.45) is 0.851. The molecular formula is C10H16BrNO2S2. The normalized spacial score (nSPS) is 12.3. The van der Waals surface area contributed by atoms with Gasteiger partial charge in [0.15, 0.2) is 0 Å². The van der Waals surface area contributed by atoms with Gasteiger partial charge < -0.3 is 0 Å². The molecule has 1 N–H and O–H groups in total. The molecule has 0 aliphatic carbocycles. The standard InChI is InChI=1S/C10H16BrNO2S2/c1-7(2)4-5-12-16(13,14)9-6-10(11)15-8(9)3/h6-7,12H,4-5H2,1-3H3. The van der Waals surface area contributed by atoms with Crippen molar-refractivity contribution in [3.8, 4) is 0 Å². The second kappa shape index (κ2) is 5.62. The first-order valence-electron chi connectivity index (χ1n) is 5.08. The zero-order chi connectivity index (χ0) is 12.3. The number of rotatable bonds is 5. The average Bonchev–Trinajstić information content (AvgIpc) is 2.44. The largest absolute Gasteiger partial charge is 0.241 e. The maximum Gasteiger partial charge on any atom is 0.241 e. The quantitative estimate of drug-likeness (QED) is 0.903. The van der Waals surface area contributed by atoms with Gasteiger partial charge in [0.05, 0.1) is 8.68 Å². The van der Waals surface area contributed by atoms with Crippen molar-refractivity contribution in [2.75, 3.05) is 6.54 Å². The first-order chi connectivity index (χ1) is 7.33. The van der Waals surface area contributed by atoms with Gasteiger partial charge in [0.1, 0.15) is 0 Å². The van der Waals surface area contributed by atoms with Crippen LogP contribution in [-0.4, -0.2) is 15.0 Å². The Labute approximate surface area is 109 Å². The molecule has 16 heavy (non-hydrogen) atoms. The third kappa shape index (κ3) is 3.84. The smallest absolute Gasteiger partial charge is 0.211 e. The third-order valence-electron chi connectivity index (χ3n) is 2.15. The maximum atomic E-state index is 11.9. The summed E-state index contributed by atoms with van der Waals surface area (Å²) in [6.45, 7) is 6.45. The van der Waals surface area contributed by atoms with Gasteiger partial charge in [-0.25, -0.2) is 13.1 Å². The Balaban J connectivity index is 2.75. The van der Waals surface area contributed by atoms with Crippen molar-refractivity contribution in [1.82, 2.24) is 4.72 Å². The predicted octanol–water partition coefficient (Wildman–Crippen LogP) is 3.14. The number of sulfonamides is 1. The van der Waals surface area contributed by atoms with Gasteiger partial charge in [-0.3, -0.25) is 0 Å². The molecule has 0 amide bonds. The Morgan fingerprint density at radius 2 is 2.12 bits per heavy atom. The first kappa shape index (κ1) is 14.2. The van der Waals surface area contributed by atoms with Crippen LogP contribution in [0.3, 0.4) is 0 Å². The fourth-order valence-corrected chi connectivity index (χ4v) is 4.72. The molecule has 3 nitrogen and oxygen atoms in total. The molecule has 1 aromatic rings. The molecule has 6 heteroatoms. The fourth-order valence-electron chi connectivity index (χ4n) is 1.26. The number of halogens is 1. The highest BCUT2D eigenvalue weighted by molar-refractivity contribution is 9.11. The van der Waals surface area contributed by atoms with E-state index in [4.69, 9.17) is 0 Å². The zero-order valence-corrected chi connectivity index (χ0v) is 12.8. The van der Waals surface area contributed by atoms with E-state index in [1.165, 1.54) is 11.3 Å². The molecule has 1 heterocycles. The number of nitrogens with one attached hydrogen (secondary N) is 1. The molecule has 0 aliphatic rings. The molecule has 92 valence electrons. The van der Waals surface area contributed by atoms with Crippen LogP contribution in [0.5, 0.6) is 0 Å². The lowest BCUT2D eigenvalue weighted by atomic mass is 10.1. The highest BCUT2D eigenvalue weighted by Crippen LogP contribution is 2.29. The highest BCUT2D eigenvalue weighted by atomic mass is 79.9. The molecule has 0 radical (unpaired) electrons. The van der Waals surface area contributed by atoms with Crippen molar-refractivity contribution in [1.29, 1.82) is 0 Å². The molecule has 0 spiro atoms. The van der Waals surface area contributed by atoms with Crippen LogP contribution in [0.1, 0.15) is 25.1 Å². The van der Waals surface area contributed by atoms with Gasteiger partial charge in [0.2, 0.25) is 10.0 Å². The summed E-state index contributed by atoms with van der Waals surface area (Å²) in [7, 11) is -3.34. The van der Waals surface area contributed by atoms with Gasteiger partial charge in [0.25, 0.3) is 0 Å². The minimum Gasteiger partial charge on any atom is -0.211 e. The average molecular weight is 326 g/mol. The third-order valence-corrected chi connectivity index (χ3v) is 5.42. The van der Waals surface area contributed by atoms with Crippen LogP contribution >= 0.6 is 27.3 Å². The highest BCUT2D eigenvalue weighted by Gasteiger charge is 2.18. The monoisotopic (exact) mass is 325 g/mol. The Kier molecular flexibility index (Phi) is 4.97. The SMILES string of the molecule is Cc1sc(Br)cc1S(=O)(=O)NCCC(C)C. The predicted molar refractivity (Wildman–Crippen MR) is 71.4 cm³/mol. The van der Waals surface area contributed by atoms with E-state index in [0.717, 1.165) is 15.1 Å². The number of aryl methyl sites for hydroxylation is 1. The Hall–Kier alpha value is 0.0900. The van der Waals surface area contributed by atoms with Crippen LogP contribution in [0.2, 0.25) is 0 Å². The van der Waals surface area contributed by atoms with Crippen LogP contribution in [0.25, 0.3) is 0 Å². The minimum absolute atomic E-state index is 0.383. The minimum atomic E-state index is -3.34. The topological polar surface area (TPSA) is 46.2 Å². The molecule has 0 fully saturated rings. The summed E-state index contributed by atoms with van der Waals surface area (Å²) in [6, 6.07) is 1.65. The molecule has 0 unspecified atom stereocenters. The Morgan fingerprint density at radius 3 is 2.56 bits per heavy atom. The number of thiophene rings is 1. The van der Waals surface area contributed by atoms with E-state index in [1.807, 2.05) is 6.92 Å². The van der Waals surface area contributed by atoms with Crippen LogP contribution in [0.4, 0.5) is 0 Å². The van der Waals surface area contributed by atoms with E-state index in [9.17, 15) is 8.42 Å². The molecular weight excluding hydrogens is 310 g/mol. The van der Waals surface area contributed by atoms with Crippen LogP contribution in [-0.2, 0) is 10.0 Å². The molecule has 1 aromatic heterocycles. The Morgan fingerprint density at radius 1 is 1.50 bits per heavy atom. The van der Waals surface area contributed by atoms with Crippen LogP contribution in [0.15, 0.2) is 14.7 Å². The van der Waals surface area contributed by atoms with Crippen molar-refractivity contribution in [2.45, 2.75) is 32.1 Å². The summed E-state index contributed by atoms with van der Waals surface area (Å²) in [5, 5.41) is 0. The summed E-state index contributed by atoms with van der Waals surface area (Å²) in [5.74, 6) is 0.498. The van der Waals surface area contributed by atoms with Crippen molar-refractivity contribution in [3.05, 3.63) is 14.7 Å². The van der Waals surface area contributed by atoms with Crippen molar-refractivity contribution in [2.24, 2.45) is 5.92 Å². The fraction of sp³-hybridized carbons (Fsp3) is 0.600. The van der Waals surface area contributed by atoms with Crippen molar-refractivity contribution < 1.29 is 8.42 Å². The van der Waals surface area contributed by atoms with E-state index in [2.05, 4.69) is 34.5 Å². The van der Waals surface area contributed by atoms with E-state index in [1.54, 1.807) is 6.07 Å². The van der Waals surface area contributed by atoms with Crippen LogP contribution in [0, 0.1) is 12.8 Å². The first-order valence-corrected chi connectivity index (χ1v) is 8.18. The molecule has 0 saturated heterocycles. The summed E-state index contributed by atoms with van der Waals surface area (Å²) in [4.78, 5) is 1.19. The molecule has 1 rings (SSSR count). The lowest BCUT2D eigenvalue weighted by Gasteiger charge is -2.07. The van der Waals surface area contributed by atoms with Gasteiger partial charge in [-0.2, -0.15) is 0 Å². The second-order valence-electron chi connectivity index (χ2n) is 4.05. The van der Waals surface area contributed by atoms with Gasteiger partial charge in [0, 0.05) is 11.4 Å². The van der Waals surface area contributed by atoms with Crippen molar-refractivity contribution in [3.63, 3.8) is 0 Å². The molecule has 0 saturated carbocycles. The van der Waals surface area contributed by atoms with E-state index in [0.29, 0.717) is 17.4 Å². The summed E-state index contributed by atoms with van der Waals surface area (Å²) in [5.41, 5.74) is 0. The van der Waals surface area contributed by atoms with E-state index in [-0.39, 0.29) is 0 Å². The van der Waals surface area contributed by atoms with Gasteiger partial charge >= 0.3 is 0 Å². The lowest BCUT2D eigenvalue weighted by Crippen LogP contribution is -2.25. The second-order valence-corrected chi connectivity index (χ2v) is 8.42. The van der Waals surface area contributed by atoms with Gasteiger partial charge in [-0.1, -0.05) is 13.8 Å². The van der Waals surface area contributed by atoms with Gasteiger partial charge in [-0.05, 0) is 41.3 Å². The molecule has 0 aliphatic heterocycles. The summed E-state index contributed by atoms with van der Waals surface area (Å²) < 4.78 is 27.3. The van der Waals surface area contributed by atoms with Crippen molar-refractivity contribution >= 4 is 37.3 Å². The lowest BCUT2D eigenvalue weighted by molar-refractivity contribution is 0.551. The van der Waals surface area contributed by atoms with E-state index < -0.39 is 10.0 Å². The number of hydrogen-bond donors (Lipinski definition) is 1. The maximum absolute atomic E-state index is 11.9. The summed E-state index contributed by atoms with van der Waals surface area (Å²) >= 11 is 4.73. The van der Waals surface area contributed by atoms with E-state index >= 15 is 0 Å². The number of hydrogen-bond acceptors (Lipinski definition) is 3. The Bertz CT molecular complexity index is 451. The van der Waals surface area contributed by atoms with Crippen LogP contribution < -0.4 is 4.72 Å². The molecule has 0 bridgehead atoms. The molecule has 0 aromatic carbocycles. The zero-order valence-electron chi connectivity index (χ0n) is 9.58.